The summed E-state index contributed by atoms with van der Waals surface area (Å²) in [5.74, 6) is 0.645. The zero-order valence-corrected chi connectivity index (χ0v) is 10.1. The highest BCUT2D eigenvalue weighted by Crippen LogP contribution is 2.17. The number of aliphatic hydroxyl groups is 1. The molecule has 0 unspecified atom stereocenters. The highest BCUT2D eigenvalue weighted by atomic mass is 16.6. The molecular weight excluding hydrogens is 234 g/mol. The van der Waals surface area contributed by atoms with E-state index in [0.29, 0.717) is 12.4 Å². The van der Waals surface area contributed by atoms with Gasteiger partial charge < -0.3 is 9.84 Å². The molecule has 18 heavy (non-hydrogen) atoms. The second kappa shape index (κ2) is 8.25. The fourth-order valence-electron chi connectivity index (χ4n) is 1.41. The van der Waals surface area contributed by atoms with Crippen molar-refractivity contribution in [3.63, 3.8) is 0 Å². The average molecular weight is 251 g/mol. The first-order valence-electron chi connectivity index (χ1n) is 5.87. The molecule has 5 nitrogen and oxygen atoms in total. The van der Waals surface area contributed by atoms with Crippen LogP contribution in [0.4, 0.5) is 5.69 Å². The molecule has 0 spiro atoms. The molecule has 0 saturated carbocycles. The Labute approximate surface area is 106 Å². The van der Waals surface area contributed by atoms with E-state index in [1.54, 1.807) is 18.2 Å². The van der Waals surface area contributed by atoms with Gasteiger partial charge in [0.1, 0.15) is 5.75 Å². The molecule has 1 aromatic carbocycles. The molecule has 0 aliphatic rings. The number of hydrogen-bond donors (Lipinski definition) is 1. The molecule has 0 aliphatic heterocycles. The summed E-state index contributed by atoms with van der Waals surface area (Å²) in [5, 5.41) is 19.0. The molecule has 0 amide bonds. The van der Waals surface area contributed by atoms with Crippen molar-refractivity contribution in [3.05, 3.63) is 46.5 Å². The van der Waals surface area contributed by atoms with Crippen molar-refractivity contribution in [2.24, 2.45) is 0 Å². The van der Waals surface area contributed by atoms with E-state index in [4.69, 9.17) is 9.84 Å². The van der Waals surface area contributed by atoms with Crippen molar-refractivity contribution in [2.45, 2.75) is 19.3 Å². The molecule has 0 heterocycles. The summed E-state index contributed by atoms with van der Waals surface area (Å²) in [5.41, 5.74) is 0.0662. The topological polar surface area (TPSA) is 72.6 Å². The summed E-state index contributed by atoms with van der Waals surface area (Å²) in [6.45, 7) is 0.671. The van der Waals surface area contributed by atoms with E-state index in [1.807, 2.05) is 6.08 Å². The van der Waals surface area contributed by atoms with Crippen LogP contribution in [0.2, 0.25) is 0 Å². The number of nitrogens with zero attached hydrogens (tertiary/aromatic N) is 1. The molecule has 1 aromatic rings. The largest absolute Gasteiger partial charge is 0.494 e. The molecule has 0 aliphatic carbocycles. The zero-order chi connectivity index (χ0) is 13.2. The zero-order valence-electron chi connectivity index (χ0n) is 10.1. The first-order chi connectivity index (χ1) is 8.74. The van der Waals surface area contributed by atoms with Crippen LogP contribution in [0, 0.1) is 10.1 Å². The van der Waals surface area contributed by atoms with Gasteiger partial charge in [0.25, 0.3) is 5.69 Å². The van der Waals surface area contributed by atoms with E-state index < -0.39 is 4.92 Å². The van der Waals surface area contributed by atoms with Crippen LogP contribution in [0.5, 0.6) is 5.75 Å². The molecule has 0 atom stereocenters. The quantitative estimate of drug-likeness (QED) is 0.333. The Bertz CT molecular complexity index is 386. The van der Waals surface area contributed by atoms with Crippen LogP contribution in [0.1, 0.15) is 19.3 Å². The third kappa shape index (κ3) is 5.45. The number of unbranched alkanes of at least 4 members (excludes halogenated alkanes) is 2. The Kier molecular flexibility index (Phi) is 6.50. The normalized spacial score (nSPS) is 10.7. The van der Waals surface area contributed by atoms with Crippen LogP contribution in [0.15, 0.2) is 36.4 Å². The lowest BCUT2D eigenvalue weighted by molar-refractivity contribution is -0.384. The summed E-state index contributed by atoms with van der Waals surface area (Å²) < 4.78 is 5.45. The second-order valence-corrected chi connectivity index (χ2v) is 3.75. The highest BCUT2D eigenvalue weighted by molar-refractivity contribution is 5.35. The van der Waals surface area contributed by atoms with E-state index in [1.165, 1.54) is 12.1 Å². The molecule has 98 valence electrons. The van der Waals surface area contributed by atoms with E-state index in [2.05, 4.69) is 0 Å². The Balaban J connectivity index is 2.19. The van der Waals surface area contributed by atoms with Gasteiger partial charge in [-0.3, -0.25) is 10.1 Å². The molecule has 0 fully saturated rings. The number of non-ortho nitro benzene ring substituents is 1. The third-order valence-electron chi connectivity index (χ3n) is 2.35. The van der Waals surface area contributed by atoms with Gasteiger partial charge in [-0.2, -0.15) is 0 Å². The summed E-state index contributed by atoms with van der Waals surface area (Å²) in [4.78, 5) is 10.0. The van der Waals surface area contributed by atoms with Crippen LogP contribution in [0.25, 0.3) is 0 Å². The van der Waals surface area contributed by atoms with Crippen LogP contribution in [-0.4, -0.2) is 23.2 Å². The predicted molar refractivity (Wildman–Crippen MR) is 68.7 cm³/mol. The van der Waals surface area contributed by atoms with Gasteiger partial charge in [-0.05, 0) is 31.4 Å². The van der Waals surface area contributed by atoms with Crippen molar-refractivity contribution in [1.29, 1.82) is 0 Å². The summed E-state index contributed by atoms with van der Waals surface area (Å²) in [6.07, 6.45) is 6.48. The van der Waals surface area contributed by atoms with E-state index in [9.17, 15) is 10.1 Å². The van der Waals surface area contributed by atoms with Gasteiger partial charge in [0.05, 0.1) is 18.1 Å². The van der Waals surface area contributed by atoms with Crippen molar-refractivity contribution in [1.82, 2.24) is 0 Å². The molecular formula is C13H17NO4. The van der Waals surface area contributed by atoms with Crippen molar-refractivity contribution >= 4 is 5.69 Å². The standard InChI is InChI=1S/C13H17NO4/c15-10-4-2-1-3-5-11-18-13-8-6-12(7-9-13)14(16)17/h2,4,6-9,15H,1,3,5,10-11H2/b4-2-. The Hall–Kier alpha value is -1.88. The number of ether oxygens (including phenoxy) is 1. The van der Waals surface area contributed by atoms with Gasteiger partial charge in [-0.15, -0.1) is 0 Å². The molecule has 1 N–H and O–H groups in total. The fourth-order valence-corrected chi connectivity index (χ4v) is 1.41. The SMILES string of the molecule is O=[N+]([O-])c1ccc(OCCCC/C=C\CO)cc1. The maximum atomic E-state index is 10.4. The molecule has 0 radical (unpaired) electrons. The van der Waals surface area contributed by atoms with Crippen LogP contribution in [-0.2, 0) is 0 Å². The summed E-state index contributed by atoms with van der Waals surface area (Å²) in [6, 6.07) is 6.06. The predicted octanol–water partition coefficient (Wildman–Crippen LogP) is 2.69. The van der Waals surface area contributed by atoms with Gasteiger partial charge >= 0.3 is 0 Å². The van der Waals surface area contributed by atoms with E-state index in [-0.39, 0.29) is 12.3 Å². The maximum Gasteiger partial charge on any atom is 0.269 e. The van der Waals surface area contributed by atoms with Crippen molar-refractivity contribution in [3.8, 4) is 5.75 Å². The number of nitro groups is 1. The number of aliphatic hydroxyl groups excluding tert-OH is 1. The molecule has 1 rings (SSSR count). The number of benzene rings is 1. The average Bonchev–Trinajstić information content (AvgIpc) is 2.38. The monoisotopic (exact) mass is 251 g/mol. The van der Waals surface area contributed by atoms with Crippen molar-refractivity contribution < 1.29 is 14.8 Å². The van der Waals surface area contributed by atoms with Gasteiger partial charge in [0.15, 0.2) is 0 Å². The number of nitro benzene ring substituents is 1. The molecule has 0 bridgehead atoms. The van der Waals surface area contributed by atoms with Gasteiger partial charge in [0, 0.05) is 12.1 Å². The summed E-state index contributed by atoms with van der Waals surface area (Å²) >= 11 is 0. The number of hydrogen-bond acceptors (Lipinski definition) is 4. The van der Waals surface area contributed by atoms with Gasteiger partial charge in [-0.1, -0.05) is 12.2 Å². The van der Waals surface area contributed by atoms with Crippen LogP contribution in [0.3, 0.4) is 0 Å². The van der Waals surface area contributed by atoms with E-state index in [0.717, 1.165) is 19.3 Å². The minimum absolute atomic E-state index is 0.0662. The molecule has 0 aromatic heterocycles. The first kappa shape index (κ1) is 14.2. The third-order valence-corrected chi connectivity index (χ3v) is 2.35. The van der Waals surface area contributed by atoms with Crippen LogP contribution >= 0.6 is 0 Å². The minimum Gasteiger partial charge on any atom is -0.494 e. The summed E-state index contributed by atoms with van der Waals surface area (Å²) in [7, 11) is 0. The van der Waals surface area contributed by atoms with Crippen LogP contribution < -0.4 is 4.74 Å². The van der Waals surface area contributed by atoms with Crippen molar-refractivity contribution in [2.75, 3.05) is 13.2 Å². The van der Waals surface area contributed by atoms with Gasteiger partial charge in [0.2, 0.25) is 0 Å². The Morgan fingerprint density at radius 1 is 1.22 bits per heavy atom. The molecule has 5 heteroatoms. The highest BCUT2D eigenvalue weighted by Gasteiger charge is 2.03. The lowest BCUT2D eigenvalue weighted by Crippen LogP contribution is -1.97. The maximum absolute atomic E-state index is 10.4. The lowest BCUT2D eigenvalue weighted by Gasteiger charge is -2.04. The Morgan fingerprint density at radius 3 is 2.56 bits per heavy atom. The minimum atomic E-state index is -0.433. The lowest BCUT2D eigenvalue weighted by atomic mass is 10.2. The molecule has 0 saturated heterocycles. The number of allylic oxidation sites excluding steroid dienone is 1. The number of rotatable bonds is 8. The first-order valence-corrected chi connectivity index (χ1v) is 5.87. The fraction of sp³-hybridized carbons (Fsp3) is 0.385. The van der Waals surface area contributed by atoms with E-state index >= 15 is 0 Å². The Morgan fingerprint density at radius 2 is 1.94 bits per heavy atom. The van der Waals surface area contributed by atoms with Gasteiger partial charge in [-0.25, -0.2) is 0 Å². The second-order valence-electron chi connectivity index (χ2n) is 3.75. The smallest absolute Gasteiger partial charge is 0.269 e.